The summed E-state index contributed by atoms with van der Waals surface area (Å²) in [5.74, 6) is -1.33. The summed E-state index contributed by atoms with van der Waals surface area (Å²) in [4.78, 5) is 9.18. The zero-order valence-electron chi connectivity index (χ0n) is 6.07. The molecule has 0 aromatic rings. The molecule has 0 spiro atoms. The van der Waals surface area contributed by atoms with Crippen molar-refractivity contribution >= 4 is 18.6 Å². The molecule has 0 atom stereocenters. The molecule has 6 nitrogen and oxygen atoms in total. The number of halogens is 1. The average molecular weight is 260 g/mol. The van der Waals surface area contributed by atoms with Gasteiger partial charge in [-0.2, -0.15) is 12.6 Å². The topological polar surface area (TPSA) is 146 Å². The van der Waals surface area contributed by atoms with Crippen molar-refractivity contribution in [2.24, 2.45) is 0 Å². The number of carbonyl (C=O) groups is 1. The van der Waals surface area contributed by atoms with Crippen LogP contribution < -0.4 is 53.4 Å². The molecule has 0 aromatic carbocycles. The molecule has 0 aliphatic heterocycles. The Morgan fingerprint density at radius 3 is 1.45 bits per heavy atom. The third-order valence-electron chi connectivity index (χ3n) is 0.129. The molecular weight excluding hydrogens is 253 g/mol. The maximum absolute atomic E-state index is 9.18. The first kappa shape index (κ1) is 22.7. The zero-order chi connectivity index (χ0) is 7.86. The fourth-order valence-electron chi connectivity index (χ4n) is 0. The Hall–Kier alpha value is 1.14. The second kappa shape index (κ2) is 17.3. The predicted octanol–water partition coefficient (Wildman–Crippen LogP) is -7.52. The number of carboxylic acid groups (broad SMARTS) is 1. The van der Waals surface area contributed by atoms with Crippen LogP contribution in [0, 0.1) is 14.8 Å². The van der Waals surface area contributed by atoms with Gasteiger partial charge in [-0.15, -0.1) is 0 Å². The SMILES string of the molecule is O=C([O-])CS.[NH4+].[Na+].[O-][Br+2]([O-])[O-]. The Bertz CT molecular complexity index is 82.1. The van der Waals surface area contributed by atoms with Crippen LogP contribution in [0.4, 0.5) is 0 Å². The van der Waals surface area contributed by atoms with E-state index in [-0.39, 0.29) is 41.5 Å². The monoisotopic (exact) mass is 259 g/mol. The van der Waals surface area contributed by atoms with Crippen LogP contribution in [0.2, 0.25) is 0 Å². The van der Waals surface area contributed by atoms with Crippen molar-refractivity contribution in [1.29, 1.82) is 0 Å². The number of hydrogen-bond acceptors (Lipinski definition) is 6. The number of rotatable bonds is 1. The first-order valence-electron chi connectivity index (χ1n) is 1.54. The minimum absolute atomic E-state index is 0. The van der Waals surface area contributed by atoms with Crippen molar-refractivity contribution in [2.75, 3.05) is 5.75 Å². The van der Waals surface area contributed by atoms with Gasteiger partial charge >= 0.3 is 29.6 Å². The van der Waals surface area contributed by atoms with E-state index in [9.17, 15) is 9.90 Å². The molecule has 0 saturated heterocycles. The Labute approximate surface area is 96.7 Å². The minimum atomic E-state index is -3.65. The fourth-order valence-corrected chi connectivity index (χ4v) is 0. The third-order valence-corrected chi connectivity index (χ3v) is 0.387. The summed E-state index contributed by atoms with van der Waals surface area (Å²) in [6.45, 7) is 0. The first-order valence-corrected chi connectivity index (χ1v) is 4.12. The molecule has 0 amide bonds. The second-order valence-electron chi connectivity index (χ2n) is 0.719. The van der Waals surface area contributed by atoms with E-state index < -0.39 is 20.8 Å². The van der Waals surface area contributed by atoms with Crippen molar-refractivity contribution < 1.29 is 66.9 Å². The largest absolute Gasteiger partial charge is 1.00 e. The first-order chi connectivity index (χ1) is 4.00. The zero-order valence-corrected chi connectivity index (χ0v) is 10.6. The van der Waals surface area contributed by atoms with Crippen LogP contribution in [0.3, 0.4) is 0 Å². The Morgan fingerprint density at radius 1 is 1.36 bits per heavy atom. The smallest absolute Gasteiger partial charge is 0.549 e. The van der Waals surface area contributed by atoms with Gasteiger partial charge in [0.15, 0.2) is 0 Å². The van der Waals surface area contributed by atoms with Gasteiger partial charge in [0, 0.05) is 5.75 Å². The van der Waals surface area contributed by atoms with E-state index >= 15 is 0 Å². The fraction of sp³-hybridized carbons (Fsp3) is 0.500. The van der Waals surface area contributed by atoms with Crippen LogP contribution in [0.5, 0.6) is 0 Å². The number of hydrogen-bond donors (Lipinski definition) is 2. The predicted molar refractivity (Wildman–Crippen MR) is 24.8 cm³/mol. The standard InChI is InChI=1S/C2H4O2S.BrO3.H3N.Na/c3-2(4)1-5;2-1(3)4;;/h5H,1H2,(H,3,4);;1H3;/q;-1;;+1. The molecule has 0 saturated carbocycles. The molecule has 64 valence electrons. The summed E-state index contributed by atoms with van der Waals surface area (Å²) in [5.41, 5.74) is 0. The molecule has 9 heteroatoms. The van der Waals surface area contributed by atoms with Gasteiger partial charge in [-0.1, -0.05) is 0 Å². The quantitative estimate of drug-likeness (QED) is 0.355. The number of carbonyl (C=O) groups excluding carboxylic acids is 1. The van der Waals surface area contributed by atoms with Crippen LogP contribution in [0.25, 0.3) is 0 Å². The number of aliphatic carboxylic acids is 1. The summed E-state index contributed by atoms with van der Waals surface area (Å²) in [7, 11) is 0. The Kier molecular flexibility index (Phi) is 35.7. The summed E-state index contributed by atoms with van der Waals surface area (Å²) >= 11 is -0.292. The molecule has 0 unspecified atom stereocenters. The van der Waals surface area contributed by atoms with E-state index in [1.807, 2.05) is 0 Å². The normalized spacial score (nSPS) is 6.64. The van der Waals surface area contributed by atoms with Gasteiger partial charge < -0.3 is 28.6 Å². The molecule has 11 heavy (non-hydrogen) atoms. The molecule has 0 aromatic heterocycles. The maximum atomic E-state index is 9.18. The summed E-state index contributed by atoms with van der Waals surface area (Å²) in [5, 5.41) is 9.18. The molecule has 0 fully saturated rings. The summed E-state index contributed by atoms with van der Waals surface area (Å²) in [6.07, 6.45) is 0. The van der Waals surface area contributed by atoms with E-state index in [1.54, 1.807) is 0 Å². The Morgan fingerprint density at radius 2 is 1.45 bits per heavy atom. The van der Waals surface area contributed by atoms with Crippen LogP contribution in [-0.4, -0.2) is 11.7 Å². The number of carboxylic acids is 1. The van der Waals surface area contributed by atoms with Gasteiger partial charge in [-0.05, 0) is 0 Å². The van der Waals surface area contributed by atoms with Gasteiger partial charge in [0.2, 0.25) is 14.8 Å². The van der Waals surface area contributed by atoms with Gasteiger partial charge in [-0.25, -0.2) is 0 Å². The molecular formula is C2H7BrNNaO5S. The van der Waals surface area contributed by atoms with Gasteiger partial charge in [0.25, 0.3) is 0 Å². The average Bonchev–Trinajstić information content (AvgIpc) is 1.65. The molecule has 4 N–H and O–H groups in total. The third kappa shape index (κ3) is 94.4. The van der Waals surface area contributed by atoms with Crippen molar-refractivity contribution in [3.05, 3.63) is 0 Å². The summed E-state index contributed by atoms with van der Waals surface area (Å²) in [6, 6.07) is 0. The van der Waals surface area contributed by atoms with Crippen LogP contribution in [0.15, 0.2) is 0 Å². The number of thiol groups is 1. The van der Waals surface area contributed by atoms with Crippen molar-refractivity contribution in [2.45, 2.75) is 0 Å². The van der Waals surface area contributed by atoms with E-state index in [0.717, 1.165) is 0 Å². The van der Waals surface area contributed by atoms with Crippen LogP contribution >= 0.6 is 12.6 Å². The van der Waals surface area contributed by atoms with Crippen molar-refractivity contribution in [3.8, 4) is 0 Å². The second-order valence-corrected chi connectivity index (χ2v) is 1.83. The molecule has 0 aliphatic rings. The molecule has 0 rings (SSSR count). The number of quaternary nitrogens is 1. The van der Waals surface area contributed by atoms with E-state index in [0.29, 0.717) is 0 Å². The van der Waals surface area contributed by atoms with E-state index in [2.05, 4.69) is 12.6 Å². The molecule has 0 heterocycles. The maximum Gasteiger partial charge on any atom is 1.00 e. The van der Waals surface area contributed by atoms with Crippen LogP contribution in [0.1, 0.15) is 0 Å². The van der Waals surface area contributed by atoms with Crippen molar-refractivity contribution in [1.82, 2.24) is 6.15 Å². The molecule has 0 bridgehead atoms. The molecule has 0 aliphatic carbocycles. The van der Waals surface area contributed by atoms with E-state index in [1.165, 1.54) is 0 Å². The molecule has 0 radical (unpaired) electrons. The van der Waals surface area contributed by atoms with Crippen molar-refractivity contribution in [3.63, 3.8) is 0 Å². The summed E-state index contributed by atoms with van der Waals surface area (Å²) < 4.78 is 25.6. The van der Waals surface area contributed by atoms with Gasteiger partial charge in [0.1, 0.15) is 0 Å². The van der Waals surface area contributed by atoms with E-state index in [4.69, 9.17) is 12.6 Å². The van der Waals surface area contributed by atoms with Crippen LogP contribution in [-0.2, 0) is 4.79 Å². The Balaban J connectivity index is -0.0000000383. The van der Waals surface area contributed by atoms with Gasteiger partial charge in [-0.3, -0.25) is 0 Å². The minimum Gasteiger partial charge on any atom is -0.549 e. The van der Waals surface area contributed by atoms with Gasteiger partial charge in [0.05, 0.1) is 5.97 Å².